The molecule has 0 bridgehead atoms. The first-order valence-electron chi connectivity index (χ1n) is 8.27. The van der Waals surface area contributed by atoms with Gasteiger partial charge in [0.1, 0.15) is 17.6 Å². The molecular formula is C17H16F6N2O3. The molecule has 1 aliphatic heterocycles. The van der Waals surface area contributed by atoms with E-state index in [0.717, 1.165) is 0 Å². The summed E-state index contributed by atoms with van der Waals surface area (Å²) in [6.07, 6.45) is -7.75. The first kappa shape index (κ1) is 21.7. The molecule has 1 aromatic carbocycles. The van der Waals surface area contributed by atoms with Gasteiger partial charge in [0.05, 0.1) is 12.8 Å². The minimum atomic E-state index is -4.72. The van der Waals surface area contributed by atoms with Gasteiger partial charge in [-0.15, -0.1) is 0 Å². The maximum atomic E-state index is 13.6. The average molecular weight is 410 g/mol. The van der Waals surface area contributed by atoms with Crippen LogP contribution >= 0.6 is 0 Å². The number of nitrogens with zero attached hydrogens (tertiary/aromatic N) is 1. The number of carbonyl (C=O) groups is 3. The zero-order valence-corrected chi connectivity index (χ0v) is 14.4. The molecule has 2 amide bonds. The number of alkyl halides is 3. The third kappa shape index (κ3) is 5.70. The molecule has 1 N–H and O–H groups in total. The maximum Gasteiger partial charge on any atom is 0.391 e. The summed E-state index contributed by atoms with van der Waals surface area (Å²) in [5.41, 5.74) is -0.489. The molecule has 1 saturated heterocycles. The molecule has 154 valence electrons. The highest BCUT2D eigenvalue weighted by molar-refractivity contribution is 6.00. The molecule has 1 aliphatic rings. The molecule has 1 heterocycles. The van der Waals surface area contributed by atoms with Crippen molar-refractivity contribution < 1.29 is 40.7 Å². The molecule has 0 spiro atoms. The highest BCUT2D eigenvalue weighted by Crippen LogP contribution is 2.26. The molecule has 0 aliphatic carbocycles. The molecular weight excluding hydrogens is 394 g/mol. The molecule has 28 heavy (non-hydrogen) atoms. The van der Waals surface area contributed by atoms with Crippen LogP contribution in [0, 0.1) is 17.5 Å². The first-order valence-corrected chi connectivity index (χ1v) is 8.27. The van der Waals surface area contributed by atoms with Gasteiger partial charge in [-0.25, -0.2) is 13.2 Å². The molecule has 1 atom stereocenters. The van der Waals surface area contributed by atoms with Gasteiger partial charge in [-0.2, -0.15) is 13.2 Å². The largest absolute Gasteiger partial charge is 0.391 e. The Morgan fingerprint density at radius 1 is 1.11 bits per heavy atom. The standard InChI is InChI=1S/C17H16F6N2O3/c18-11-7-13(20)12(19)5-9(11)4-10(26)6-15(27)25-3-1-2-24-16(28)14(25)8-17(21,22)23/h5,7,14H,1-4,6,8H2,(H,24,28). The van der Waals surface area contributed by atoms with E-state index in [1.807, 2.05) is 0 Å². The zero-order chi connectivity index (χ0) is 21.1. The summed E-state index contributed by atoms with van der Waals surface area (Å²) < 4.78 is 78.0. The number of ketones is 1. The van der Waals surface area contributed by atoms with Gasteiger partial charge in [0.2, 0.25) is 11.8 Å². The van der Waals surface area contributed by atoms with Crippen molar-refractivity contribution in [3.63, 3.8) is 0 Å². The van der Waals surface area contributed by atoms with Crippen LogP contribution in [0.5, 0.6) is 0 Å². The predicted octanol–water partition coefficient (Wildman–Crippen LogP) is 2.28. The van der Waals surface area contributed by atoms with Crippen LogP contribution in [0.15, 0.2) is 12.1 Å². The summed E-state index contributed by atoms with van der Waals surface area (Å²) in [4.78, 5) is 36.9. The van der Waals surface area contributed by atoms with Gasteiger partial charge in [-0.05, 0) is 18.1 Å². The van der Waals surface area contributed by atoms with E-state index < -0.39 is 72.1 Å². The number of rotatable bonds is 5. The van der Waals surface area contributed by atoms with Crippen LogP contribution in [-0.2, 0) is 20.8 Å². The minimum absolute atomic E-state index is 0.0744. The van der Waals surface area contributed by atoms with Crippen LogP contribution in [-0.4, -0.2) is 47.8 Å². The van der Waals surface area contributed by atoms with E-state index in [-0.39, 0.29) is 25.6 Å². The van der Waals surface area contributed by atoms with Crippen molar-refractivity contribution >= 4 is 17.6 Å². The number of benzene rings is 1. The Hall–Kier alpha value is -2.59. The Balaban J connectivity index is 2.11. The van der Waals surface area contributed by atoms with Crippen molar-refractivity contribution in [2.45, 2.75) is 37.9 Å². The van der Waals surface area contributed by atoms with Gasteiger partial charge in [0.15, 0.2) is 11.6 Å². The van der Waals surface area contributed by atoms with Crippen molar-refractivity contribution in [2.24, 2.45) is 0 Å². The molecule has 1 unspecified atom stereocenters. The number of hydrogen-bond acceptors (Lipinski definition) is 3. The van der Waals surface area contributed by atoms with E-state index >= 15 is 0 Å². The van der Waals surface area contributed by atoms with Gasteiger partial charge >= 0.3 is 6.18 Å². The van der Waals surface area contributed by atoms with Crippen molar-refractivity contribution in [3.05, 3.63) is 35.1 Å². The van der Waals surface area contributed by atoms with E-state index in [9.17, 15) is 40.7 Å². The van der Waals surface area contributed by atoms with Crippen LogP contribution in [0.25, 0.3) is 0 Å². The number of amides is 2. The third-order valence-corrected chi connectivity index (χ3v) is 4.12. The summed E-state index contributed by atoms with van der Waals surface area (Å²) in [5, 5.41) is 2.27. The Morgan fingerprint density at radius 2 is 1.75 bits per heavy atom. The topological polar surface area (TPSA) is 66.5 Å². The van der Waals surface area contributed by atoms with E-state index in [0.29, 0.717) is 11.0 Å². The molecule has 1 fully saturated rings. The second kappa shape index (κ2) is 8.61. The van der Waals surface area contributed by atoms with Crippen molar-refractivity contribution in [1.29, 1.82) is 0 Å². The van der Waals surface area contributed by atoms with Crippen LogP contribution < -0.4 is 5.32 Å². The second-order valence-electron chi connectivity index (χ2n) is 6.32. The first-order chi connectivity index (χ1) is 13.0. The second-order valence-corrected chi connectivity index (χ2v) is 6.32. The molecule has 11 heteroatoms. The zero-order valence-electron chi connectivity index (χ0n) is 14.4. The van der Waals surface area contributed by atoms with Gasteiger partial charge < -0.3 is 10.2 Å². The van der Waals surface area contributed by atoms with Crippen molar-refractivity contribution in [1.82, 2.24) is 10.2 Å². The van der Waals surface area contributed by atoms with Gasteiger partial charge in [0.25, 0.3) is 0 Å². The van der Waals surface area contributed by atoms with Crippen LogP contribution in [0.3, 0.4) is 0 Å². The SMILES string of the molecule is O=C(CC(=O)N1CCCNC(=O)C1CC(F)(F)F)Cc1cc(F)c(F)cc1F. The highest BCUT2D eigenvalue weighted by atomic mass is 19.4. The predicted molar refractivity (Wildman–Crippen MR) is 83.4 cm³/mol. The van der Waals surface area contributed by atoms with Crippen molar-refractivity contribution in [3.8, 4) is 0 Å². The fourth-order valence-corrected chi connectivity index (χ4v) is 2.84. The Labute approximate surface area is 155 Å². The monoisotopic (exact) mass is 410 g/mol. The Kier molecular flexibility index (Phi) is 6.68. The number of hydrogen-bond donors (Lipinski definition) is 1. The van der Waals surface area contributed by atoms with Crippen LogP contribution in [0.1, 0.15) is 24.8 Å². The van der Waals surface area contributed by atoms with E-state index in [1.165, 1.54) is 0 Å². The molecule has 0 radical (unpaired) electrons. The van der Waals surface area contributed by atoms with E-state index in [1.54, 1.807) is 0 Å². The number of Topliss-reactive ketones (excluding diaryl/α,β-unsaturated/α-hetero) is 1. The minimum Gasteiger partial charge on any atom is -0.354 e. The quantitative estimate of drug-likeness (QED) is 0.460. The summed E-state index contributed by atoms with van der Waals surface area (Å²) in [5.74, 6) is -6.95. The fraction of sp³-hybridized carbons (Fsp3) is 0.471. The summed E-state index contributed by atoms with van der Waals surface area (Å²) in [7, 11) is 0. The summed E-state index contributed by atoms with van der Waals surface area (Å²) in [6.45, 7) is -0.101. The lowest BCUT2D eigenvalue weighted by molar-refractivity contribution is -0.161. The Bertz CT molecular complexity index is 781. The van der Waals surface area contributed by atoms with Gasteiger partial charge in [-0.1, -0.05) is 0 Å². The lowest BCUT2D eigenvalue weighted by Crippen LogP contribution is -2.49. The number of nitrogens with one attached hydrogen (secondary N) is 1. The van der Waals surface area contributed by atoms with Crippen LogP contribution in [0.4, 0.5) is 26.3 Å². The maximum absolute atomic E-state index is 13.6. The normalized spacial score (nSPS) is 17.9. The summed E-state index contributed by atoms with van der Waals surface area (Å²) >= 11 is 0. The molecule has 1 aromatic rings. The van der Waals surface area contributed by atoms with E-state index in [2.05, 4.69) is 5.32 Å². The molecule has 2 rings (SSSR count). The smallest absolute Gasteiger partial charge is 0.354 e. The van der Waals surface area contributed by atoms with Crippen molar-refractivity contribution in [2.75, 3.05) is 13.1 Å². The third-order valence-electron chi connectivity index (χ3n) is 4.12. The molecule has 0 aromatic heterocycles. The van der Waals surface area contributed by atoms with Crippen LogP contribution in [0.2, 0.25) is 0 Å². The lowest BCUT2D eigenvalue weighted by atomic mass is 10.0. The highest BCUT2D eigenvalue weighted by Gasteiger charge is 2.41. The fourth-order valence-electron chi connectivity index (χ4n) is 2.84. The number of halogens is 6. The van der Waals surface area contributed by atoms with Gasteiger partial charge in [-0.3, -0.25) is 14.4 Å². The Morgan fingerprint density at radius 3 is 2.39 bits per heavy atom. The number of carbonyl (C=O) groups excluding carboxylic acids is 3. The molecule has 0 saturated carbocycles. The van der Waals surface area contributed by atoms with E-state index in [4.69, 9.17) is 0 Å². The lowest BCUT2D eigenvalue weighted by Gasteiger charge is -2.29. The summed E-state index contributed by atoms with van der Waals surface area (Å²) in [6, 6.07) is -1.10. The average Bonchev–Trinajstić information content (AvgIpc) is 2.73. The molecule has 5 nitrogen and oxygen atoms in total. The van der Waals surface area contributed by atoms with Gasteiger partial charge in [0, 0.05) is 25.6 Å².